The van der Waals surface area contributed by atoms with Crippen molar-refractivity contribution in [2.75, 3.05) is 17.3 Å². The van der Waals surface area contributed by atoms with E-state index >= 15 is 0 Å². The molecule has 0 spiro atoms. The van der Waals surface area contributed by atoms with Gasteiger partial charge in [0.2, 0.25) is 0 Å². The minimum atomic E-state index is -0.499. The molecule has 2 amide bonds. The maximum Gasteiger partial charge on any atom is 0.282 e. The third-order valence-corrected chi connectivity index (χ3v) is 6.05. The fourth-order valence-electron chi connectivity index (χ4n) is 4.10. The van der Waals surface area contributed by atoms with Crippen molar-refractivity contribution < 1.29 is 19.2 Å². The van der Waals surface area contributed by atoms with E-state index < -0.39 is 10.8 Å². The molecule has 4 aromatic carbocycles. The summed E-state index contributed by atoms with van der Waals surface area (Å²) < 4.78 is 5.14. The van der Waals surface area contributed by atoms with Gasteiger partial charge in [0, 0.05) is 22.9 Å². The van der Waals surface area contributed by atoms with Crippen LogP contribution in [0, 0.1) is 10.1 Å². The number of carbonyl (C=O) groups is 2. The SMILES string of the molecule is COc1ccc(NC(=O)c2ccc(N3C(=O)/C(=C/c4ccccc4[N+](=O)[O-])N=C3c3ccccc3)cc2)cc1. The number of nitrogens with zero attached hydrogens (tertiary/aromatic N) is 3. The quantitative estimate of drug-likeness (QED) is 0.192. The van der Waals surface area contributed by atoms with E-state index in [9.17, 15) is 19.7 Å². The lowest BCUT2D eigenvalue weighted by Gasteiger charge is -2.19. The number of nitro benzene ring substituents is 1. The number of nitro groups is 1. The molecule has 0 saturated carbocycles. The highest BCUT2D eigenvalue weighted by Gasteiger charge is 2.33. The number of amidine groups is 1. The van der Waals surface area contributed by atoms with Crippen molar-refractivity contribution >= 4 is 40.8 Å². The van der Waals surface area contributed by atoms with E-state index in [4.69, 9.17) is 4.74 Å². The van der Waals surface area contributed by atoms with E-state index in [1.165, 1.54) is 17.0 Å². The third kappa shape index (κ3) is 5.28. The van der Waals surface area contributed by atoms with Crippen LogP contribution >= 0.6 is 0 Å². The van der Waals surface area contributed by atoms with Gasteiger partial charge in [0.1, 0.15) is 17.3 Å². The smallest absolute Gasteiger partial charge is 0.282 e. The normalized spacial score (nSPS) is 13.8. The van der Waals surface area contributed by atoms with E-state index in [0.717, 1.165) is 0 Å². The Morgan fingerprint density at radius 1 is 0.923 bits per heavy atom. The van der Waals surface area contributed by atoms with Gasteiger partial charge in [-0.25, -0.2) is 4.99 Å². The predicted octanol–water partition coefficient (Wildman–Crippen LogP) is 5.69. The van der Waals surface area contributed by atoms with E-state index in [1.54, 1.807) is 73.8 Å². The second-order valence-electron chi connectivity index (χ2n) is 8.52. The zero-order chi connectivity index (χ0) is 27.4. The lowest BCUT2D eigenvalue weighted by atomic mass is 10.1. The molecule has 5 rings (SSSR count). The molecule has 0 aromatic heterocycles. The monoisotopic (exact) mass is 518 g/mol. The first kappa shape index (κ1) is 25.1. The molecule has 0 bridgehead atoms. The van der Waals surface area contributed by atoms with Crippen LogP contribution in [0.1, 0.15) is 21.5 Å². The topological polar surface area (TPSA) is 114 Å². The molecule has 0 fully saturated rings. The Morgan fingerprint density at radius 2 is 1.59 bits per heavy atom. The standard InChI is InChI=1S/C30H22N4O5/c1-39-25-17-13-23(14-18-25)31-29(35)21-11-15-24(16-12-21)33-28(20-7-3-2-4-8-20)32-26(30(33)36)19-22-9-5-6-10-27(22)34(37)38/h2-19H,1H3,(H,31,35)/b26-19-. The van der Waals surface area contributed by atoms with Crippen LogP contribution in [0.3, 0.4) is 0 Å². The van der Waals surface area contributed by atoms with Crippen molar-refractivity contribution in [3.63, 3.8) is 0 Å². The van der Waals surface area contributed by atoms with Crippen LogP contribution in [0.25, 0.3) is 6.08 Å². The number of para-hydroxylation sites is 1. The summed E-state index contributed by atoms with van der Waals surface area (Å²) in [7, 11) is 1.57. The highest BCUT2D eigenvalue weighted by Crippen LogP contribution is 2.30. The van der Waals surface area contributed by atoms with Gasteiger partial charge in [0.15, 0.2) is 0 Å². The number of ether oxygens (including phenoxy) is 1. The van der Waals surface area contributed by atoms with Gasteiger partial charge in [-0.2, -0.15) is 0 Å². The maximum absolute atomic E-state index is 13.6. The van der Waals surface area contributed by atoms with E-state index in [-0.39, 0.29) is 22.9 Å². The second-order valence-corrected chi connectivity index (χ2v) is 8.52. The van der Waals surface area contributed by atoms with Crippen LogP contribution in [0.15, 0.2) is 114 Å². The number of methoxy groups -OCH3 is 1. The Kier molecular flexibility index (Phi) is 6.96. The first-order valence-electron chi connectivity index (χ1n) is 11.9. The van der Waals surface area contributed by atoms with Crippen LogP contribution < -0.4 is 15.0 Å². The van der Waals surface area contributed by atoms with Gasteiger partial charge < -0.3 is 10.1 Å². The van der Waals surface area contributed by atoms with Crippen LogP contribution in [0.5, 0.6) is 5.75 Å². The molecule has 9 heteroatoms. The summed E-state index contributed by atoms with van der Waals surface area (Å²) in [5.74, 6) is 0.301. The molecule has 1 heterocycles. The van der Waals surface area contributed by atoms with Gasteiger partial charge in [-0.05, 0) is 60.7 Å². The Morgan fingerprint density at radius 3 is 2.26 bits per heavy atom. The predicted molar refractivity (Wildman–Crippen MR) is 149 cm³/mol. The zero-order valence-corrected chi connectivity index (χ0v) is 20.8. The summed E-state index contributed by atoms with van der Waals surface area (Å²) >= 11 is 0. The third-order valence-electron chi connectivity index (χ3n) is 6.05. The lowest BCUT2D eigenvalue weighted by molar-refractivity contribution is -0.385. The van der Waals surface area contributed by atoms with Crippen LogP contribution in [0.4, 0.5) is 17.1 Å². The molecule has 0 radical (unpaired) electrons. The van der Waals surface area contributed by atoms with E-state index in [2.05, 4.69) is 10.3 Å². The molecule has 0 saturated heterocycles. The van der Waals surface area contributed by atoms with Gasteiger partial charge in [-0.1, -0.05) is 42.5 Å². The molecule has 9 nitrogen and oxygen atoms in total. The Labute approximate surface area is 223 Å². The highest BCUT2D eigenvalue weighted by atomic mass is 16.6. The highest BCUT2D eigenvalue weighted by molar-refractivity contribution is 6.33. The number of amides is 2. The molecule has 1 N–H and O–H groups in total. The lowest BCUT2D eigenvalue weighted by Crippen LogP contribution is -2.32. The number of nitrogens with one attached hydrogen (secondary N) is 1. The molecule has 192 valence electrons. The number of anilines is 2. The average molecular weight is 519 g/mol. The zero-order valence-electron chi connectivity index (χ0n) is 20.8. The van der Waals surface area contributed by atoms with Crippen molar-refractivity contribution in [1.82, 2.24) is 0 Å². The number of aliphatic imine (C=N–C) groups is 1. The Balaban J connectivity index is 1.46. The van der Waals surface area contributed by atoms with Crippen molar-refractivity contribution in [2.24, 2.45) is 4.99 Å². The minimum Gasteiger partial charge on any atom is -0.497 e. The number of carbonyl (C=O) groups excluding carboxylic acids is 2. The van der Waals surface area contributed by atoms with Gasteiger partial charge >= 0.3 is 0 Å². The average Bonchev–Trinajstić information content (AvgIpc) is 3.29. The Hall–Kier alpha value is -5.57. The van der Waals surface area contributed by atoms with Gasteiger partial charge in [0.25, 0.3) is 17.5 Å². The van der Waals surface area contributed by atoms with Crippen molar-refractivity contribution in [3.05, 3.63) is 136 Å². The van der Waals surface area contributed by atoms with E-state index in [1.807, 2.05) is 30.3 Å². The Bertz CT molecular complexity index is 1610. The summed E-state index contributed by atoms with van der Waals surface area (Å²) in [6.45, 7) is 0. The number of rotatable bonds is 7. The van der Waals surface area contributed by atoms with E-state index in [0.29, 0.717) is 34.1 Å². The summed E-state index contributed by atoms with van der Waals surface area (Å²) in [6, 6.07) is 28.9. The molecule has 0 unspecified atom stereocenters. The van der Waals surface area contributed by atoms with Gasteiger partial charge in [-0.3, -0.25) is 24.6 Å². The van der Waals surface area contributed by atoms with Crippen LogP contribution in [0.2, 0.25) is 0 Å². The first-order valence-corrected chi connectivity index (χ1v) is 11.9. The van der Waals surface area contributed by atoms with Crippen LogP contribution in [-0.2, 0) is 4.79 Å². The number of benzene rings is 4. The summed E-state index contributed by atoms with van der Waals surface area (Å²) in [4.78, 5) is 43.3. The second kappa shape index (κ2) is 10.8. The first-order chi connectivity index (χ1) is 18.9. The van der Waals surface area contributed by atoms with Crippen molar-refractivity contribution in [3.8, 4) is 5.75 Å². The molecule has 1 aliphatic rings. The number of hydrogen-bond acceptors (Lipinski definition) is 6. The number of hydrogen-bond donors (Lipinski definition) is 1. The molecular formula is C30H22N4O5. The molecule has 0 atom stereocenters. The summed E-state index contributed by atoms with van der Waals surface area (Å²) in [5.41, 5.74) is 2.41. The minimum absolute atomic E-state index is 0.0597. The molecule has 39 heavy (non-hydrogen) atoms. The summed E-state index contributed by atoms with van der Waals surface area (Å²) in [6.07, 6.45) is 1.42. The van der Waals surface area contributed by atoms with Crippen molar-refractivity contribution in [2.45, 2.75) is 0 Å². The maximum atomic E-state index is 13.6. The van der Waals surface area contributed by atoms with Gasteiger partial charge in [-0.15, -0.1) is 0 Å². The van der Waals surface area contributed by atoms with Crippen molar-refractivity contribution in [1.29, 1.82) is 0 Å². The largest absolute Gasteiger partial charge is 0.497 e. The summed E-state index contributed by atoms with van der Waals surface area (Å²) in [5, 5.41) is 14.3. The fraction of sp³-hybridized carbons (Fsp3) is 0.0333. The molecule has 0 aliphatic carbocycles. The van der Waals surface area contributed by atoms with Crippen LogP contribution in [-0.4, -0.2) is 29.7 Å². The fourth-order valence-corrected chi connectivity index (χ4v) is 4.10. The molecule has 4 aromatic rings. The van der Waals surface area contributed by atoms with Gasteiger partial charge in [0.05, 0.1) is 23.3 Å². The molecule has 1 aliphatic heterocycles. The molecular weight excluding hydrogens is 496 g/mol.